The molecule has 0 radical (unpaired) electrons. The van der Waals surface area contributed by atoms with E-state index in [1.807, 2.05) is 0 Å². The van der Waals surface area contributed by atoms with Crippen molar-refractivity contribution in [2.24, 2.45) is 0 Å². The number of benzene rings is 1. The zero-order valence-corrected chi connectivity index (χ0v) is 9.77. The molecule has 2 rings (SSSR count). The molecule has 0 unspecified atom stereocenters. The Morgan fingerprint density at radius 3 is 2.72 bits per heavy atom. The molecule has 0 saturated heterocycles. The number of hydrogen-bond donors (Lipinski definition) is 0. The monoisotopic (exact) mass is 251 g/mol. The number of rotatable bonds is 2. The third kappa shape index (κ3) is 1.81. The van der Waals surface area contributed by atoms with Crippen LogP contribution in [-0.2, 0) is 4.74 Å². The Morgan fingerprint density at radius 2 is 2.11 bits per heavy atom. The summed E-state index contributed by atoms with van der Waals surface area (Å²) in [6.07, 6.45) is 1.18. The lowest BCUT2D eigenvalue weighted by molar-refractivity contribution is -0.577. The van der Waals surface area contributed by atoms with Crippen molar-refractivity contribution >= 4 is 16.9 Å². The molecule has 0 aliphatic heterocycles. The largest absolute Gasteiger partial charge is 0.618 e. The Hall–Kier alpha value is -2.37. The van der Waals surface area contributed by atoms with Gasteiger partial charge in [-0.05, 0) is 6.07 Å². The number of hydrogen-bond acceptors (Lipinski definition) is 4. The second-order valence-electron chi connectivity index (χ2n) is 3.55. The highest BCUT2D eigenvalue weighted by atomic mass is 19.1. The van der Waals surface area contributed by atoms with Gasteiger partial charge in [-0.15, -0.1) is 0 Å². The second-order valence-corrected chi connectivity index (χ2v) is 3.55. The van der Waals surface area contributed by atoms with E-state index in [0.29, 0.717) is 4.73 Å². The molecule has 0 N–H and O–H groups in total. The molecule has 0 bridgehead atoms. The van der Waals surface area contributed by atoms with Crippen LogP contribution in [0.25, 0.3) is 10.9 Å². The molecule has 0 amide bonds. The van der Waals surface area contributed by atoms with Gasteiger partial charge in [-0.3, -0.25) is 0 Å². The SMILES string of the molecule is COC(=O)c1cc(F)c2c(OC)cc[n+]([O-])c2c1. The first-order valence-electron chi connectivity index (χ1n) is 5.06. The fourth-order valence-electron chi connectivity index (χ4n) is 1.71. The third-order valence-corrected chi connectivity index (χ3v) is 2.56. The number of pyridine rings is 1. The van der Waals surface area contributed by atoms with Crippen molar-refractivity contribution in [3.05, 3.63) is 41.0 Å². The predicted molar refractivity (Wildman–Crippen MR) is 60.8 cm³/mol. The molecule has 1 aromatic heterocycles. The van der Waals surface area contributed by atoms with Crippen LogP contribution in [0, 0.1) is 11.0 Å². The molecule has 0 fully saturated rings. The van der Waals surface area contributed by atoms with Crippen molar-refractivity contribution in [2.45, 2.75) is 0 Å². The second kappa shape index (κ2) is 4.48. The molecule has 0 spiro atoms. The van der Waals surface area contributed by atoms with Gasteiger partial charge in [0.1, 0.15) is 17.0 Å². The number of halogens is 1. The predicted octanol–water partition coefficient (Wildman–Crippen LogP) is 1.41. The van der Waals surface area contributed by atoms with Gasteiger partial charge < -0.3 is 14.7 Å². The van der Waals surface area contributed by atoms with Crippen LogP contribution in [0.3, 0.4) is 0 Å². The number of aromatic nitrogens is 1. The van der Waals surface area contributed by atoms with Crippen molar-refractivity contribution in [2.75, 3.05) is 14.2 Å². The summed E-state index contributed by atoms with van der Waals surface area (Å²) in [6.45, 7) is 0. The van der Waals surface area contributed by atoms with Crippen LogP contribution in [0.2, 0.25) is 0 Å². The van der Waals surface area contributed by atoms with Gasteiger partial charge in [0.15, 0.2) is 6.20 Å². The average Bonchev–Trinajstić information content (AvgIpc) is 2.38. The van der Waals surface area contributed by atoms with Crippen LogP contribution >= 0.6 is 0 Å². The van der Waals surface area contributed by atoms with Crippen molar-refractivity contribution in [3.8, 4) is 5.75 Å². The highest BCUT2D eigenvalue weighted by molar-refractivity contribution is 5.95. The van der Waals surface area contributed by atoms with Crippen LogP contribution < -0.4 is 9.47 Å². The smallest absolute Gasteiger partial charge is 0.338 e. The molecular formula is C12H10FNO4. The molecule has 94 valence electrons. The summed E-state index contributed by atoms with van der Waals surface area (Å²) in [5.74, 6) is -1.19. The van der Waals surface area contributed by atoms with E-state index in [0.717, 1.165) is 6.07 Å². The number of nitrogens with zero attached hydrogens (tertiary/aromatic N) is 1. The number of methoxy groups -OCH3 is 2. The topological polar surface area (TPSA) is 62.5 Å². The zero-order chi connectivity index (χ0) is 13.3. The van der Waals surface area contributed by atoms with Crippen molar-refractivity contribution < 1.29 is 23.4 Å². The Morgan fingerprint density at radius 1 is 1.39 bits per heavy atom. The molecule has 0 aliphatic carbocycles. The summed E-state index contributed by atoms with van der Waals surface area (Å²) in [7, 11) is 2.55. The molecule has 0 saturated carbocycles. The molecule has 6 heteroatoms. The molecule has 2 aromatic rings. The first-order chi connectivity index (χ1) is 8.58. The van der Waals surface area contributed by atoms with Gasteiger partial charge in [0, 0.05) is 12.1 Å². The third-order valence-electron chi connectivity index (χ3n) is 2.56. The fourth-order valence-corrected chi connectivity index (χ4v) is 1.71. The van der Waals surface area contributed by atoms with Gasteiger partial charge in [0.05, 0.1) is 19.8 Å². The minimum absolute atomic E-state index is 0.00903. The molecule has 0 aliphatic rings. The Labute approximate surface area is 102 Å². The van der Waals surface area contributed by atoms with Crippen LogP contribution in [0.1, 0.15) is 10.4 Å². The van der Waals surface area contributed by atoms with Gasteiger partial charge in [-0.25, -0.2) is 9.18 Å². The lowest BCUT2D eigenvalue weighted by Gasteiger charge is -2.08. The van der Waals surface area contributed by atoms with Crippen LogP contribution in [0.15, 0.2) is 24.4 Å². The van der Waals surface area contributed by atoms with Gasteiger partial charge in [-0.1, -0.05) is 0 Å². The van der Waals surface area contributed by atoms with E-state index in [-0.39, 0.29) is 22.2 Å². The van der Waals surface area contributed by atoms with Crippen molar-refractivity contribution in [1.29, 1.82) is 0 Å². The lowest BCUT2D eigenvalue weighted by Crippen LogP contribution is -2.26. The van der Waals surface area contributed by atoms with E-state index in [9.17, 15) is 14.4 Å². The average molecular weight is 251 g/mol. The maximum atomic E-state index is 13.9. The molecule has 1 heterocycles. The molecule has 1 aromatic carbocycles. The number of fused-ring (bicyclic) bond motifs is 1. The van der Waals surface area contributed by atoms with E-state index < -0.39 is 11.8 Å². The van der Waals surface area contributed by atoms with E-state index in [4.69, 9.17) is 4.74 Å². The van der Waals surface area contributed by atoms with Crippen LogP contribution in [-0.4, -0.2) is 20.2 Å². The Balaban J connectivity index is 2.80. The highest BCUT2D eigenvalue weighted by Gasteiger charge is 2.19. The van der Waals surface area contributed by atoms with Gasteiger partial charge >= 0.3 is 5.97 Å². The molecule has 5 nitrogen and oxygen atoms in total. The fraction of sp³-hybridized carbons (Fsp3) is 0.167. The lowest BCUT2D eigenvalue weighted by atomic mass is 10.1. The number of carbonyl (C=O) groups excluding carboxylic acids is 1. The first kappa shape index (κ1) is 12.1. The molecular weight excluding hydrogens is 241 g/mol. The van der Waals surface area contributed by atoms with Crippen LogP contribution in [0.5, 0.6) is 5.75 Å². The maximum Gasteiger partial charge on any atom is 0.338 e. The normalized spacial score (nSPS) is 10.4. The quantitative estimate of drug-likeness (QED) is 0.460. The summed E-state index contributed by atoms with van der Waals surface area (Å²) in [5, 5.41) is 11.6. The van der Waals surface area contributed by atoms with Crippen LogP contribution in [0.4, 0.5) is 4.39 Å². The number of carbonyl (C=O) groups is 1. The minimum atomic E-state index is -0.713. The summed E-state index contributed by atoms with van der Waals surface area (Å²) in [6, 6.07) is 3.63. The summed E-state index contributed by atoms with van der Waals surface area (Å²) >= 11 is 0. The maximum absolute atomic E-state index is 13.9. The first-order valence-corrected chi connectivity index (χ1v) is 5.06. The number of ether oxygens (including phenoxy) is 2. The highest BCUT2D eigenvalue weighted by Crippen LogP contribution is 2.26. The summed E-state index contributed by atoms with van der Waals surface area (Å²) in [4.78, 5) is 11.3. The van der Waals surface area contributed by atoms with Gasteiger partial charge in [0.25, 0.3) is 0 Å². The zero-order valence-electron chi connectivity index (χ0n) is 9.77. The van der Waals surface area contributed by atoms with E-state index >= 15 is 0 Å². The molecule has 0 atom stereocenters. The Bertz CT molecular complexity index is 627. The summed E-state index contributed by atoms with van der Waals surface area (Å²) < 4.78 is 23.9. The number of esters is 1. The van der Waals surface area contributed by atoms with Crippen molar-refractivity contribution in [1.82, 2.24) is 0 Å². The van der Waals surface area contributed by atoms with E-state index in [2.05, 4.69) is 4.74 Å². The van der Waals surface area contributed by atoms with Gasteiger partial charge in [0.2, 0.25) is 5.52 Å². The summed E-state index contributed by atoms with van der Waals surface area (Å²) in [5.41, 5.74) is -0.0184. The molecule has 18 heavy (non-hydrogen) atoms. The standard InChI is InChI=1S/C12H10FNO4/c1-17-10-3-4-14(16)9-6-7(12(15)18-2)5-8(13)11(9)10/h3-6H,1-2H3. The van der Waals surface area contributed by atoms with E-state index in [1.165, 1.54) is 32.5 Å². The minimum Gasteiger partial charge on any atom is -0.618 e. The van der Waals surface area contributed by atoms with E-state index in [1.54, 1.807) is 0 Å². The van der Waals surface area contributed by atoms with Crippen molar-refractivity contribution in [3.63, 3.8) is 0 Å². The Kier molecular flexibility index (Phi) is 3.01. The van der Waals surface area contributed by atoms with Gasteiger partial charge in [-0.2, -0.15) is 4.73 Å².